The van der Waals surface area contributed by atoms with Gasteiger partial charge in [-0.15, -0.1) is 0 Å². The lowest BCUT2D eigenvalue weighted by molar-refractivity contribution is 0.784. The summed E-state index contributed by atoms with van der Waals surface area (Å²) in [5.41, 5.74) is 11.3. The topological polar surface area (TPSA) is 71.0 Å². The number of rotatable bonds is 3. The van der Waals surface area contributed by atoms with E-state index < -0.39 is 0 Å². The van der Waals surface area contributed by atoms with E-state index in [1.165, 1.54) is 0 Å². The molecular formula is C9H12N6. The van der Waals surface area contributed by atoms with Gasteiger partial charge in [-0.05, 0) is 19.4 Å². The summed E-state index contributed by atoms with van der Waals surface area (Å²) in [6.07, 6.45) is 3.88. The summed E-state index contributed by atoms with van der Waals surface area (Å²) in [5, 5.41) is 7.94. The third kappa shape index (κ3) is 1.45. The van der Waals surface area contributed by atoms with Crippen molar-refractivity contribution >= 4 is 5.65 Å². The summed E-state index contributed by atoms with van der Waals surface area (Å²) < 4.78 is 3.91. The van der Waals surface area contributed by atoms with Gasteiger partial charge in [0.05, 0.1) is 12.2 Å². The SMILES string of the molecule is CCn1ccn2nc(C)c(CN=[N+]=[N-])c12. The van der Waals surface area contributed by atoms with Crippen LogP contribution in [0.4, 0.5) is 0 Å². The highest BCUT2D eigenvalue weighted by atomic mass is 15.3. The molecule has 2 heterocycles. The first-order valence-corrected chi connectivity index (χ1v) is 4.81. The number of fused-ring (bicyclic) bond motifs is 1. The minimum Gasteiger partial charge on any atom is -0.331 e. The van der Waals surface area contributed by atoms with Gasteiger partial charge >= 0.3 is 0 Å². The van der Waals surface area contributed by atoms with Gasteiger partial charge in [0.15, 0.2) is 0 Å². The molecule has 0 aliphatic heterocycles. The zero-order chi connectivity index (χ0) is 10.8. The fraction of sp³-hybridized carbons (Fsp3) is 0.444. The van der Waals surface area contributed by atoms with Gasteiger partial charge in [-0.25, -0.2) is 4.52 Å². The van der Waals surface area contributed by atoms with Crippen molar-refractivity contribution in [1.29, 1.82) is 0 Å². The van der Waals surface area contributed by atoms with E-state index in [-0.39, 0.29) is 0 Å². The first-order chi connectivity index (χ1) is 7.27. The Morgan fingerprint density at radius 1 is 1.53 bits per heavy atom. The minimum absolute atomic E-state index is 0.357. The van der Waals surface area contributed by atoms with Gasteiger partial charge in [-0.1, -0.05) is 5.11 Å². The fourth-order valence-electron chi connectivity index (χ4n) is 1.74. The predicted molar refractivity (Wildman–Crippen MR) is 56.4 cm³/mol. The molecule has 0 N–H and O–H groups in total. The predicted octanol–water partition coefficient (Wildman–Crippen LogP) is 2.27. The molecule has 6 nitrogen and oxygen atoms in total. The van der Waals surface area contributed by atoms with Gasteiger partial charge in [0.2, 0.25) is 0 Å². The van der Waals surface area contributed by atoms with Crippen LogP contribution in [0.5, 0.6) is 0 Å². The molecule has 2 aromatic rings. The molecule has 0 amide bonds. The van der Waals surface area contributed by atoms with Crippen LogP contribution in [0.3, 0.4) is 0 Å². The van der Waals surface area contributed by atoms with Crippen LogP contribution in [-0.4, -0.2) is 14.2 Å². The third-order valence-electron chi connectivity index (χ3n) is 2.47. The molecule has 2 aromatic heterocycles. The Bertz CT molecular complexity index is 528. The highest BCUT2D eigenvalue weighted by molar-refractivity contribution is 5.51. The number of nitrogens with zero attached hydrogens (tertiary/aromatic N) is 6. The number of aryl methyl sites for hydroxylation is 2. The smallest absolute Gasteiger partial charge is 0.139 e. The van der Waals surface area contributed by atoms with Gasteiger partial charge in [-0.3, -0.25) is 0 Å². The second-order valence-corrected chi connectivity index (χ2v) is 3.31. The van der Waals surface area contributed by atoms with Crippen LogP contribution in [0, 0.1) is 6.92 Å². The normalized spacial score (nSPS) is 10.5. The van der Waals surface area contributed by atoms with E-state index in [0.29, 0.717) is 6.54 Å². The zero-order valence-corrected chi connectivity index (χ0v) is 8.75. The lowest BCUT2D eigenvalue weighted by atomic mass is 10.2. The van der Waals surface area contributed by atoms with Crippen molar-refractivity contribution in [1.82, 2.24) is 14.2 Å². The highest BCUT2D eigenvalue weighted by Gasteiger charge is 2.11. The van der Waals surface area contributed by atoms with Crippen LogP contribution < -0.4 is 0 Å². The van der Waals surface area contributed by atoms with Crippen molar-refractivity contribution in [2.24, 2.45) is 5.11 Å². The van der Waals surface area contributed by atoms with Crippen molar-refractivity contribution in [3.8, 4) is 0 Å². The zero-order valence-electron chi connectivity index (χ0n) is 8.75. The molecule has 0 atom stereocenters. The van der Waals surface area contributed by atoms with Crippen molar-refractivity contribution in [2.75, 3.05) is 0 Å². The van der Waals surface area contributed by atoms with Gasteiger partial charge in [0, 0.05) is 29.4 Å². The molecule has 0 spiro atoms. The summed E-state index contributed by atoms with van der Waals surface area (Å²) in [6, 6.07) is 0. The van der Waals surface area contributed by atoms with E-state index in [2.05, 4.69) is 26.6 Å². The molecule has 0 fully saturated rings. The summed E-state index contributed by atoms with van der Waals surface area (Å²) in [4.78, 5) is 2.78. The van der Waals surface area contributed by atoms with Gasteiger partial charge in [-0.2, -0.15) is 5.10 Å². The quantitative estimate of drug-likeness (QED) is 0.429. The molecule has 0 aliphatic carbocycles. The van der Waals surface area contributed by atoms with Crippen LogP contribution in [0.1, 0.15) is 18.2 Å². The van der Waals surface area contributed by atoms with Crippen molar-refractivity contribution in [2.45, 2.75) is 26.9 Å². The lowest BCUT2D eigenvalue weighted by Gasteiger charge is -1.99. The molecule has 0 unspecified atom stereocenters. The molecule has 0 aromatic carbocycles. The van der Waals surface area contributed by atoms with Crippen LogP contribution in [0.25, 0.3) is 16.1 Å². The van der Waals surface area contributed by atoms with Crippen molar-refractivity contribution < 1.29 is 0 Å². The molecule has 0 aliphatic rings. The van der Waals surface area contributed by atoms with Crippen LogP contribution in [0.2, 0.25) is 0 Å². The molecular weight excluding hydrogens is 192 g/mol. The molecule has 0 saturated heterocycles. The first kappa shape index (κ1) is 9.61. The molecule has 2 rings (SSSR count). The van der Waals surface area contributed by atoms with Crippen molar-refractivity contribution in [3.05, 3.63) is 34.1 Å². The summed E-state index contributed by atoms with van der Waals surface area (Å²) >= 11 is 0. The molecule has 0 saturated carbocycles. The molecule has 78 valence electrons. The fourth-order valence-corrected chi connectivity index (χ4v) is 1.74. The summed E-state index contributed by atoms with van der Waals surface area (Å²) in [5.74, 6) is 0. The Hall–Kier alpha value is -1.94. The molecule has 0 bridgehead atoms. The maximum atomic E-state index is 8.33. The largest absolute Gasteiger partial charge is 0.331 e. The average molecular weight is 204 g/mol. The second-order valence-electron chi connectivity index (χ2n) is 3.31. The van der Waals surface area contributed by atoms with Crippen LogP contribution >= 0.6 is 0 Å². The Morgan fingerprint density at radius 3 is 3.00 bits per heavy atom. The van der Waals surface area contributed by atoms with Crippen LogP contribution in [-0.2, 0) is 13.1 Å². The molecule has 15 heavy (non-hydrogen) atoms. The van der Waals surface area contributed by atoms with Gasteiger partial charge in [0.25, 0.3) is 0 Å². The van der Waals surface area contributed by atoms with E-state index in [0.717, 1.165) is 23.4 Å². The van der Waals surface area contributed by atoms with E-state index in [4.69, 9.17) is 5.53 Å². The summed E-state index contributed by atoms with van der Waals surface area (Å²) in [6.45, 7) is 5.23. The maximum absolute atomic E-state index is 8.33. The van der Waals surface area contributed by atoms with E-state index in [9.17, 15) is 0 Å². The summed E-state index contributed by atoms with van der Waals surface area (Å²) in [7, 11) is 0. The molecule has 0 radical (unpaired) electrons. The van der Waals surface area contributed by atoms with Gasteiger partial charge < -0.3 is 4.57 Å². The average Bonchev–Trinajstić information content (AvgIpc) is 2.74. The maximum Gasteiger partial charge on any atom is 0.139 e. The number of hydrogen-bond donors (Lipinski definition) is 0. The van der Waals surface area contributed by atoms with E-state index in [1.807, 2.05) is 23.8 Å². The standard InChI is InChI=1S/C9H12N6/c1-3-14-4-5-15-9(14)8(6-11-13-10)7(2)12-15/h4-5H,3,6H2,1-2H3. The Labute approximate surface area is 86.8 Å². The van der Waals surface area contributed by atoms with Crippen molar-refractivity contribution in [3.63, 3.8) is 0 Å². The second kappa shape index (κ2) is 3.67. The lowest BCUT2D eigenvalue weighted by Crippen LogP contribution is -1.95. The Kier molecular flexibility index (Phi) is 2.35. The first-order valence-electron chi connectivity index (χ1n) is 4.81. The van der Waals surface area contributed by atoms with Crippen LogP contribution in [0.15, 0.2) is 17.5 Å². The van der Waals surface area contributed by atoms with Gasteiger partial charge in [0.1, 0.15) is 5.65 Å². The number of imidazole rings is 1. The number of aromatic nitrogens is 3. The minimum atomic E-state index is 0.357. The number of hydrogen-bond acceptors (Lipinski definition) is 2. The number of azide groups is 1. The van der Waals surface area contributed by atoms with E-state index >= 15 is 0 Å². The highest BCUT2D eigenvalue weighted by Crippen LogP contribution is 2.17. The molecule has 6 heteroatoms. The Balaban J connectivity index is 2.62. The van der Waals surface area contributed by atoms with E-state index in [1.54, 1.807) is 0 Å². The third-order valence-corrected chi connectivity index (χ3v) is 2.47. The monoisotopic (exact) mass is 204 g/mol. The Morgan fingerprint density at radius 2 is 2.33 bits per heavy atom.